The standard InChI is InChI=1S/C25H21N5O2/c31-24(16-30-25(32)19-11-5-7-13-23(19)28-29-30)27-14-20(17-8-2-1-3-9-17)21-15-26-22-12-6-4-10-18(21)22/h1-13,15,20,26H,14,16H2,(H,27,31). The number of carbonyl (C=O) groups is 1. The summed E-state index contributed by atoms with van der Waals surface area (Å²) >= 11 is 0. The van der Waals surface area contributed by atoms with Crippen LogP contribution in [0.1, 0.15) is 17.0 Å². The predicted molar refractivity (Wildman–Crippen MR) is 123 cm³/mol. The molecule has 2 N–H and O–H groups in total. The van der Waals surface area contributed by atoms with Gasteiger partial charge in [0.1, 0.15) is 12.1 Å². The zero-order chi connectivity index (χ0) is 21.9. The van der Waals surface area contributed by atoms with Crippen LogP contribution in [-0.4, -0.2) is 32.4 Å². The van der Waals surface area contributed by atoms with Crippen molar-refractivity contribution in [2.75, 3.05) is 6.54 Å². The van der Waals surface area contributed by atoms with Gasteiger partial charge in [0, 0.05) is 29.6 Å². The summed E-state index contributed by atoms with van der Waals surface area (Å²) in [7, 11) is 0. The van der Waals surface area contributed by atoms with E-state index in [2.05, 4.69) is 38.8 Å². The van der Waals surface area contributed by atoms with Crippen LogP contribution in [0.15, 0.2) is 89.9 Å². The molecule has 1 atom stereocenters. The Morgan fingerprint density at radius 1 is 0.938 bits per heavy atom. The summed E-state index contributed by atoms with van der Waals surface area (Å²) < 4.78 is 1.10. The minimum absolute atomic E-state index is 0.0456. The molecule has 1 unspecified atom stereocenters. The molecule has 0 spiro atoms. The molecule has 7 nitrogen and oxygen atoms in total. The van der Waals surface area contributed by atoms with Crippen molar-refractivity contribution in [3.05, 3.63) is 107 Å². The molecular formula is C25H21N5O2. The van der Waals surface area contributed by atoms with Gasteiger partial charge < -0.3 is 10.3 Å². The van der Waals surface area contributed by atoms with E-state index in [4.69, 9.17) is 0 Å². The first-order valence-corrected chi connectivity index (χ1v) is 10.4. The summed E-state index contributed by atoms with van der Waals surface area (Å²) in [5.41, 5.74) is 3.43. The summed E-state index contributed by atoms with van der Waals surface area (Å²) in [5, 5.41) is 12.5. The SMILES string of the molecule is O=C(Cn1nnc2ccccc2c1=O)NCC(c1ccccc1)c1c[nH]c2ccccc12. The summed E-state index contributed by atoms with van der Waals surface area (Å²) in [6.07, 6.45) is 1.99. The number of hydrogen-bond donors (Lipinski definition) is 2. The minimum atomic E-state index is -0.331. The van der Waals surface area contributed by atoms with Gasteiger partial charge in [-0.15, -0.1) is 5.10 Å². The molecule has 0 fully saturated rings. The van der Waals surface area contributed by atoms with E-state index >= 15 is 0 Å². The van der Waals surface area contributed by atoms with Gasteiger partial charge in [-0.2, -0.15) is 0 Å². The highest BCUT2D eigenvalue weighted by Crippen LogP contribution is 2.30. The highest BCUT2D eigenvalue weighted by Gasteiger charge is 2.19. The highest BCUT2D eigenvalue weighted by atomic mass is 16.2. The molecule has 3 aromatic carbocycles. The lowest BCUT2D eigenvalue weighted by molar-refractivity contribution is -0.121. The maximum atomic E-state index is 12.7. The Morgan fingerprint density at radius 2 is 1.66 bits per heavy atom. The Hall–Kier alpha value is -4.26. The van der Waals surface area contributed by atoms with E-state index in [1.807, 2.05) is 42.6 Å². The fraction of sp³-hybridized carbons (Fsp3) is 0.120. The quantitative estimate of drug-likeness (QED) is 0.439. The van der Waals surface area contributed by atoms with Gasteiger partial charge in [-0.05, 0) is 29.3 Å². The number of benzene rings is 3. The van der Waals surface area contributed by atoms with Gasteiger partial charge in [-0.3, -0.25) is 9.59 Å². The van der Waals surface area contributed by atoms with E-state index in [9.17, 15) is 9.59 Å². The molecule has 2 aromatic heterocycles. The Kier molecular flexibility index (Phi) is 5.21. The molecule has 2 heterocycles. The van der Waals surface area contributed by atoms with Crippen molar-refractivity contribution in [3.63, 3.8) is 0 Å². The normalized spacial score (nSPS) is 12.1. The number of para-hydroxylation sites is 1. The Balaban J connectivity index is 1.39. The number of carbonyl (C=O) groups excluding carboxylic acids is 1. The van der Waals surface area contributed by atoms with Gasteiger partial charge in [0.25, 0.3) is 5.56 Å². The van der Waals surface area contributed by atoms with Crippen molar-refractivity contribution in [1.29, 1.82) is 0 Å². The lowest BCUT2D eigenvalue weighted by Crippen LogP contribution is -2.36. The zero-order valence-electron chi connectivity index (χ0n) is 17.2. The first-order chi connectivity index (χ1) is 15.7. The molecule has 1 amide bonds. The van der Waals surface area contributed by atoms with E-state index in [0.29, 0.717) is 17.4 Å². The third-order valence-corrected chi connectivity index (χ3v) is 5.62. The Morgan fingerprint density at radius 3 is 2.50 bits per heavy atom. The molecule has 0 aliphatic heterocycles. The van der Waals surface area contributed by atoms with Crippen LogP contribution in [0.3, 0.4) is 0 Å². The van der Waals surface area contributed by atoms with Crippen LogP contribution < -0.4 is 10.9 Å². The molecular weight excluding hydrogens is 402 g/mol. The average molecular weight is 423 g/mol. The molecule has 32 heavy (non-hydrogen) atoms. The summed E-state index contributed by atoms with van der Waals surface area (Å²) in [6.45, 7) is 0.201. The number of aromatic nitrogens is 4. The van der Waals surface area contributed by atoms with Crippen LogP contribution in [0, 0.1) is 0 Å². The van der Waals surface area contributed by atoms with Crippen LogP contribution in [0.5, 0.6) is 0 Å². The third-order valence-electron chi connectivity index (χ3n) is 5.62. The lowest BCUT2D eigenvalue weighted by atomic mass is 9.91. The number of nitrogens with one attached hydrogen (secondary N) is 2. The van der Waals surface area contributed by atoms with E-state index in [1.54, 1.807) is 24.3 Å². The fourth-order valence-corrected chi connectivity index (χ4v) is 4.01. The number of rotatable bonds is 6. The van der Waals surface area contributed by atoms with E-state index in [-0.39, 0.29) is 23.9 Å². The monoisotopic (exact) mass is 423 g/mol. The average Bonchev–Trinajstić information content (AvgIpc) is 3.26. The molecule has 7 heteroatoms. The Labute approximate surface area is 183 Å². The molecule has 0 saturated heterocycles. The fourth-order valence-electron chi connectivity index (χ4n) is 4.01. The molecule has 0 bridgehead atoms. The van der Waals surface area contributed by atoms with E-state index < -0.39 is 0 Å². The Bertz CT molecular complexity index is 1460. The molecule has 5 aromatic rings. The number of hydrogen-bond acceptors (Lipinski definition) is 4. The van der Waals surface area contributed by atoms with Crippen LogP contribution in [0.2, 0.25) is 0 Å². The topological polar surface area (TPSA) is 92.7 Å². The second kappa shape index (κ2) is 8.47. The summed E-state index contributed by atoms with van der Waals surface area (Å²) in [6, 6.07) is 25.1. The van der Waals surface area contributed by atoms with E-state index in [1.165, 1.54) is 0 Å². The van der Waals surface area contributed by atoms with E-state index in [0.717, 1.165) is 26.7 Å². The van der Waals surface area contributed by atoms with Crippen molar-refractivity contribution in [1.82, 2.24) is 25.3 Å². The van der Waals surface area contributed by atoms with Gasteiger partial charge in [-0.25, -0.2) is 4.68 Å². The molecule has 0 aliphatic carbocycles. The van der Waals surface area contributed by atoms with Crippen LogP contribution in [0.4, 0.5) is 0 Å². The van der Waals surface area contributed by atoms with Crippen LogP contribution >= 0.6 is 0 Å². The van der Waals surface area contributed by atoms with Gasteiger partial charge in [-0.1, -0.05) is 65.9 Å². The number of amides is 1. The van der Waals surface area contributed by atoms with Gasteiger partial charge in [0.15, 0.2) is 0 Å². The lowest BCUT2D eigenvalue weighted by Gasteiger charge is -2.18. The summed E-state index contributed by atoms with van der Waals surface area (Å²) in [5.74, 6) is -0.340. The van der Waals surface area contributed by atoms with Gasteiger partial charge >= 0.3 is 0 Å². The molecule has 0 aliphatic rings. The maximum Gasteiger partial charge on any atom is 0.278 e. The number of fused-ring (bicyclic) bond motifs is 2. The number of nitrogens with zero attached hydrogens (tertiary/aromatic N) is 3. The van der Waals surface area contributed by atoms with Crippen molar-refractivity contribution in [3.8, 4) is 0 Å². The minimum Gasteiger partial charge on any atom is -0.361 e. The third kappa shape index (κ3) is 3.76. The van der Waals surface area contributed by atoms with Gasteiger partial charge in [0.05, 0.1) is 5.39 Å². The zero-order valence-corrected chi connectivity index (χ0v) is 17.2. The smallest absolute Gasteiger partial charge is 0.278 e. The predicted octanol–water partition coefficient (Wildman–Crippen LogP) is 3.22. The largest absolute Gasteiger partial charge is 0.361 e. The second-order valence-electron chi connectivity index (χ2n) is 7.63. The van der Waals surface area contributed by atoms with Crippen LogP contribution in [0.25, 0.3) is 21.8 Å². The second-order valence-corrected chi connectivity index (χ2v) is 7.63. The first-order valence-electron chi connectivity index (χ1n) is 10.4. The van der Waals surface area contributed by atoms with Crippen LogP contribution in [-0.2, 0) is 11.3 Å². The molecule has 158 valence electrons. The maximum absolute atomic E-state index is 12.7. The van der Waals surface area contributed by atoms with Crippen molar-refractivity contribution in [2.45, 2.75) is 12.5 Å². The first kappa shape index (κ1) is 19.7. The molecule has 5 rings (SSSR count). The van der Waals surface area contributed by atoms with Crippen molar-refractivity contribution < 1.29 is 4.79 Å². The molecule has 0 radical (unpaired) electrons. The van der Waals surface area contributed by atoms with Gasteiger partial charge in [0.2, 0.25) is 5.91 Å². The molecule has 0 saturated carbocycles. The van der Waals surface area contributed by atoms with Crippen molar-refractivity contribution in [2.24, 2.45) is 0 Å². The summed E-state index contributed by atoms with van der Waals surface area (Å²) in [4.78, 5) is 28.7. The van der Waals surface area contributed by atoms with Crippen molar-refractivity contribution >= 4 is 27.7 Å². The number of aromatic amines is 1. The number of H-pyrrole nitrogens is 1. The highest BCUT2D eigenvalue weighted by molar-refractivity contribution is 5.84.